The number of esters is 2. The van der Waals surface area contributed by atoms with Crippen molar-refractivity contribution < 1.29 is 28.7 Å². The van der Waals surface area contributed by atoms with Gasteiger partial charge in [-0.25, -0.2) is 4.79 Å². The SMILES string of the molecule is N[C@@H](Cc1c[nH]c2ccccc12)C(=O)N[C@@H](Cc1c[nH]c2ccccc12)C(=O)N[C@@H](CCC(=O)OCc1ccccc1)C(=O)OCc1ccccc1. The van der Waals surface area contributed by atoms with Crippen LogP contribution in [0.25, 0.3) is 21.8 Å². The molecule has 6 aromatic rings. The first-order chi connectivity index (χ1) is 25.3. The fourth-order valence-electron chi connectivity index (χ4n) is 6.06. The third kappa shape index (κ3) is 9.32. The van der Waals surface area contributed by atoms with Crippen molar-refractivity contribution in [1.29, 1.82) is 0 Å². The Morgan fingerprint density at radius 2 is 1.10 bits per heavy atom. The van der Waals surface area contributed by atoms with Crippen LogP contribution >= 0.6 is 0 Å². The van der Waals surface area contributed by atoms with E-state index in [9.17, 15) is 19.2 Å². The van der Waals surface area contributed by atoms with E-state index in [2.05, 4.69) is 20.6 Å². The number of hydrogen-bond acceptors (Lipinski definition) is 7. The number of amides is 2. The van der Waals surface area contributed by atoms with E-state index in [0.717, 1.165) is 44.1 Å². The number of H-pyrrole nitrogens is 2. The fraction of sp³-hybridized carbons (Fsp3) is 0.220. The number of nitrogens with two attached hydrogens (primary N) is 1. The molecule has 11 nitrogen and oxygen atoms in total. The van der Waals surface area contributed by atoms with Gasteiger partial charge in [-0.2, -0.15) is 0 Å². The zero-order valence-electron chi connectivity index (χ0n) is 28.5. The maximum atomic E-state index is 14.1. The summed E-state index contributed by atoms with van der Waals surface area (Å²) < 4.78 is 11.0. The largest absolute Gasteiger partial charge is 0.461 e. The quantitative estimate of drug-likeness (QED) is 0.0887. The fourth-order valence-corrected chi connectivity index (χ4v) is 6.06. The Bertz CT molecular complexity index is 2130. The minimum atomic E-state index is -1.21. The lowest BCUT2D eigenvalue weighted by Crippen LogP contribution is -2.55. The van der Waals surface area contributed by atoms with Crippen molar-refractivity contribution in [2.24, 2.45) is 5.73 Å². The van der Waals surface area contributed by atoms with Gasteiger partial charge in [-0.3, -0.25) is 14.4 Å². The van der Waals surface area contributed by atoms with Gasteiger partial charge >= 0.3 is 11.9 Å². The minimum absolute atomic E-state index is 0.0251. The standard InChI is InChI=1S/C41H41N5O6/c42-33(21-29-23-43-34-17-9-7-15-31(29)34)39(48)46-37(22-30-24-44-35-18-10-8-16-32(30)35)40(49)45-36(41(50)52-26-28-13-5-2-6-14-28)19-20-38(47)51-25-27-11-3-1-4-12-27/h1-18,23-24,33,36-37,43-44H,19-22,25-26,42H2,(H,45,49)(H,46,48)/t33-,36-,37-/m0/s1. The number of fused-ring (bicyclic) bond motifs is 2. The van der Waals surface area contributed by atoms with Crippen LogP contribution < -0.4 is 16.4 Å². The number of carbonyl (C=O) groups is 4. The lowest BCUT2D eigenvalue weighted by molar-refractivity contribution is -0.150. The molecule has 0 radical (unpaired) electrons. The highest BCUT2D eigenvalue weighted by Gasteiger charge is 2.30. The first-order valence-electron chi connectivity index (χ1n) is 17.2. The van der Waals surface area contributed by atoms with Crippen molar-refractivity contribution in [2.45, 2.75) is 57.0 Å². The molecule has 0 saturated heterocycles. The third-order valence-electron chi connectivity index (χ3n) is 8.89. The zero-order valence-corrected chi connectivity index (χ0v) is 28.5. The van der Waals surface area contributed by atoms with Gasteiger partial charge in [-0.15, -0.1) is 0 Å². The van der Waals surface area contributed by atoms with Crippen molar-refractivity contribution in [3.63, 3.8) is 0 Å². The van der Waals surface area contributed by atoms with E-state index < -0.39 is 41.9 Å². The first kappa shape index (κ1) is 35.6. The van der Waals surface area contributed by atoms with Gasteiger partial charge in [-0.05, 0) is 47.2 Å². The average molecular weight is 700 g/mol. The third-order valence-corrected chi connectivity index (χ3v) is 8.89. The molecule has 0 bridgehead atoms. The summed E-state index contributed by atoms with van der Waals surface area (Å²) in [6.45, 7) is 0.0510. The Labute approximate surface area is 300 Å². The van der Waals surface area contributed by atoms with E-state index in [1.165, 1.54) is 0 Å². The lowest BCUT2D eigenvalue weighted by Gasteiger charge is -2.24. The summed E-state index contributed by atoms with van der Waals surface area (Å²) in [5.41, 5.74) is 11.5. The van der Waals surface area contributed by atoms with Crippen molar-refractivity contribution in [3.05, 3.63) is 144 Å². The first-order valence-corrected chi connectivity index (χ1v) is 17.2. The average Bonchev–Trinajstić information content (AvgIpc) is 3.78. The molecule has 0 saturated carbocycles. The summed E-state index contributed by atoms with van der Waals surface area (Å²) in [5.74, 6) is -2.41. The number of para-hydroxylation sites is 2. The number of carbonyl (C=O) groups excluding carboxylic acids is 4. The molecule has 0 unspecified atom stereocenters. The maximum absolute atomic E-state index is 14.1. The van der Waals surface area contributed by atoms with Crippen molar-refractivity contribution in [1.82, 2.24) is 20.6 Å². The molecule has 0 spiro atoms. The molecule has 2 heterocycles. The predicted octanol–water partition coefficient (Wildman–Crippen LogP) is 5.00. The Balaban J connectivity index is 1.18. The van der Waals surface area contributed by atoms with Crippen LogP contribution in [0.5, 0.6) is 0 Å². The summed E-state index contributed by atoms with van der Waals surface area (Å²) in [5, 5.41) is 7.45. The second-order valence-electron chi connectivity index (χ2n) is 12.6. The molecular weight excluding hydrogens is 658 g/mol. The molecule has 0 aliphatic carbocycles. The van der Waals surface area contributed by atoms with Crippen molar-refractivity contribution in [3.8, 4) is 0 Å². The predicted molar refractivity (Wildman–Crippen MR) is 198 cm³/mol. The second-order valence-corrected chi connectivity index (χ2v) is 12.6. The normalized spacial score (nSPS) is 12.9. The molecule has 52 heavy (non-hydrogen) atoms. The highest BCUT2D eigenvalue weighted by molar-refractivity contribution is 5.94. The molecule has 0 aliphatic heterocycles. The molecular formula is C41H41N5O6. The summed E-state index contributed by atoms with van der Waals surface area (Å²) in [7, 11) is 0. The van der Waals surface area contributed by atoms with Gasteiger partial charge in [0.05, 0.1) is 6.04 Å². The minimum Gasteiger partial charge on any atom is -0.461 e. The Morgan fingerprint density at radius 3 is 1.69 bits per heavy atom. The Hall–Kier alpha value is -6.20. The zero-order chi connectivity index (χ0) is 36.3. The second kappa shape index (κ2) is 17.1. The van der Waals surface area contributed by atoms with Crippen LogP contribution in [0.4, 0.5) is 0 Å². The summed E-state index contributed by atoms with van der Waals surface area (Å²) in [6.07, 6.45) is 3.71. The van der Waals surface area contributed by atoms with E-state index in [4.69, 9.17) is 15.2 Å². The molecule has 11 heteroatoms. The van der Waals surface area contributed by atoms with Crippen molar-refractivity contribution in [2.75, 3.05) is 0 Å². The molecule has 0 fully saturated rings. The maximum Gasteiger partial charge on any atom is 0.328 e. The monoisotopic (exact) mass is 699 g/mol. The highest BCUT2D eigenvalue weighted by Crippen LogP contribution is 2.21. The smallest absolute Gasteiger partial charge is 0.328 e. The van der Waals surface area contributed by atoms with Crippen molar-refractivity contribution >= 4 is 45.6 Å². The van der Waals surface area contributed by atoms with Crippen LogP contribution in [0.2, 0.25) is 0 Å². The molecule has 4 aromatic carbocycles. The molecule has 266 valence electrons. The van der Waals surface area contributed by atoms with Crippen LogP contribution in [0.15, 0.2) is 122 Å². The van der Waals surface area contributed by atoms with E-state index in [-0.39, 0.29) is 38.9 Å². The number of rotatable bonds is 16. The number of nitrogens with one attached hydrogen (secondary N) is 4. The number of ether oxygens (including phenoxy) is 2. The van der Waals surface area contributed by atoms with Crippen LogP contribution in [0, 0.1) is 0 Å². The molecule has 2 aromatic heterocycles. The van der Waals surface area contributed by atoms with E-state index in [0.29, 0.717) is 0 Å². The molecule has 0 aliphatic rings. The lowest BCUT2D eigenvalue weighted by atomic mass is 10.0. The van der Waals surface area contributed by atoms with E-state index >= 15 is 0 Å². The van der Waals surface area contributed by atoms with Gasteiger partial charge in [0.25, 0.3) is 0 Å². The molecule has 6 rings (SSSR count). The number of benzene rings is 4. The number of hydrogen-bond donors (Lipinski definition) is 5. The van der Waals surface area contributed by atoms with Gasteiger partial charge in [-0.1, -0.05) is 97.1 Å². The number of aromatic amines is 2. The van der Waals surface area contributed by atoms with Crippen LogP contribution in [0.3, 0.4) is 0 Å². The van der Waals surface area contributed by atoms with Gasteiger partial charge in [0.2, 0.25) is 11.8 Å². The van der Waals surface area contributed by atoms with E-state index in [1.54, 1.807) is 6.20 Å². The molecule has 2 amide bonds. The number of aromatic nitrogens is 2. The van der Waals surface area contributed by atoms with Crippen LogP contribution in [0.1, 0.15) is 35.1 Å². The van der Waals surface area contributed by atoms with Gasteiger partial charge in [0.15, 0.2) is 0 Å². The molecule has 6 N–H and O–H groups in total. The molecule has 3 atom stereocenters. The highest BCUT2D eigenvalue weighted by atomic mass is 16.5. The van der Waals surface area contributed by atoms with Gasteiger partial charge in [0, 0.05) is 47.0 Å². The van der Waals surface area contributed by atoms with Crippen LogP contribution in [-0.4, -0.2) is 51.8 Å². The Kier molecular flexibility index (Phi) is 11.7. The summed E-state index contributed by atoms with van der Waals surface area (Å²) in [6, 6.07) is 30.4. The summed E-state index contributed by atoms with van der Waals surface area (Å²) >= 11 is 0. The van der Waals surface area contributed by atoms with Gasteiger partial charge < -0.3 is 35.8 Å². The van der Waals surface area contributed by atoms with Crippen LogP contribution in [-0.2, 0) is 54.7 Å². The van der Waals surface area contributed by atoms with E-state index in [1.807, 2.05) is 115 Å². The topological polar surface area (TPSA) is 168 Å². The van der Waals surface area contributed by atoms with Gasteiger partial charge in [0.1, 0.15) is 25.3 Å². The Morgan fingerprint density at radius 1 is 0.596 bits per heavy atom. The summed E-state index contributed by atoms with van der Waals surface area (Å²) in [4.78, 5) is 60.3.